The van der Waals surface area contributed by atoms with Crippen molar-refractivity contribution in [2.24, 2.45) is 0 Å². The summed E-state index contributed by atoms with van der Waals surface area (Å²) in [6, 6.07) is -0.289. The van der Waals surface area contributed by atoms with Crippen LogP contribution in [0.5, 0.6) is 0 Å². The molecule has 0 aromatic carbocycles. The van der Waals surface area contributed by atoms with E-state index in [4.69, 9.17) is 0 Å². The summed E-state index contributed by atoms with van der Waals surface area (Å²) in [5.41, 5.74) is 0. The number of hydrogen-bond acceptors (Lipinski definition) is 4. The average molecular weight is 225 g/mol. The first kappa shape index (κ1) is 10.1. The highest BCUT2D eigenvalue weighted by molar-refractivity contribution is 7.09. The number of hydrogen-bond donors (Lipinski definition) is 1. The molecular weight excluding hydrogens is 214 g/mol. The van der Waals surface area contributed by atoms with E-state index in [0.717, 1.165) is 11.4 Å². The lowest BCUT2D eigenvalue weighted by atomic mass is 10.3. The van der Waals surface area contributed by atoms with Crippen LogP contribution in [0.2, 0.25) is 0 Å². The van der Waals surface area contributed by atoms with Gasteiger partial charge in [0.1, 0.15) is 0 Å². The van der Waals surface area contributed by atoms with E-state index in [1.54, 1.807) is 22.4 Å². The molecule has 0 unspecified atom stereocenters. The molecule has 1 fully saturated rings. The van der Waals surface area contributed by atoms with E-state index in [1.165, 1.54) is 0 Å². The highest BCUT2D eigenvalue weighted by Crippen LogP contribution is 2.07. The molecule has 0 saturated carbocycles. The van der Waals surface area contributed by atoms with E-state index in [0.29, 0.717) is 19.5 Å². The zero-order valence-corrected chi connectivity index (χ0v) is 8.92. The maximum Gasteiger partial charge on any atom is 0.324 e. The molecule has 2 rings (SSSR count). The summed E-state index contributed by atoms with van der Waals surface area (Å²) in [7, 11) is 0. The lowest BCUT2D eigenvalue weighted by Crippen LogP contribution is -2.49. The number of nitrogens with one attached hydrogen (secondary N) is 1. The molecule has 1 saturated heterocycles. The van der Waals surface area contributed by atoms with Crippen LogP contribution in [0.25, 0.3) is 0 Å². The summed E-state index contributed by atoms with van der Waals surface area (Å²) >= 11 is 1.58. The second-order valence-corrected chi connectivity index (χ2v) is 4.25. The Morgan fingerprint density at radius 1 is 1.53 bits per heavy atom. The van der Waals surface area contributed by atoms with Gasteiger partial charge in [0.15, 0.2) is 0 Å². The Bertz CT molecular complexity index is 363. The quantitative estimate of drug-likeness (QED) is 0.820. The van der Waals surface area contributed by atoms with Gasteiger partial charge in [-0.15, -0.1) is 11.3 Å². The third-order valence-corrected chi connectivity index (χ3v) is 3.06. The van der Waals surface area contributed by atoms with Crippen LogP contribution in [-0.4, -0.2) is 34.9 Å². The maximum absolute atomic E-state index is 11.3. The first-order chi connectivity index (χ1) is 7.25. The zero-order chi connectivity index (χ0) is 10.7. The Hall–Kier alpha value is -1.43. The summed E-state index contributed by atoms with van der Waals surface area (Å²) in [6.45, 7) is 1.13. The fourth-order valence-corrected chi connectivity index (χ4v) is 2.03. The topological polar surface area (TPSA) is 62.3 Å². The van der Waals surface area contributed by atoms with Gasteiger partial charge in [0.2, 0.25) is 5.91 Å². The molecule has 80 valence electrons. The van der Waals surface area contributed by atoms with Crippen molar-refractivity contribution in [2.45, 2.75) is 12.8 Å². The molecule has 1 aliphatic heterocycles. The molecule has 2 heterocycles. The number of rotatable bonds is 3. The van der Waals surface area contributed by atoms with Gasteiger partial charge in [-0.3, -0.25) is 10.1 Å². The number of urea groups is 1. The van der Waals surface area contributed by atoms with Crippen molar-refractivity contribution in [3.8, 4) is 0 Å². The minimum absolute atomic E-state index is 0.189. The summed E-state index contributed by atoms with van der Waals surface area (Å²) in [4.78, 5) is 28.0. The van der Waals surface area contributed by atoms with Crippen molar-refractivity contribution in [1.82, 2.24) is 15.2 Å². The van der Waals surface area contributed by atoms with Crippen LogP contribution in [0.3, 0.4) is 0 Å². The van der Waals surface area contributed by atoms with Gasteiger partial charge in [0.05, 0.1) is 5.01 Å². The van der Waals surface area contributed by atoms with Crippen LogP contribution >= 0.6 is 11.3 Å². The molecular formula is C9H11N3O2S. The fraction of sp³-hybridized carbons (Fsp3) is 0.444. The summed E-state index contributed by atoms with van der Waals surface area (Å²) in [6.07, 6.45) is 2.89. The average Bonchev–Trinajstić information content (AvgIpc) is 2.69. The Morgan fingerprint density at radius 3 is 3.07 bits per heavy atom. The highest BCUT2D eigenvalue weighted by atomic mass is 32.1. The molecule has 1 aliphatic rings. The smallest absolute Gasteiger partial charge is 0.324 e. The van der Waals surface area contributed by atoms with Crippen molar-refractivity contribution < 1.29 is 9.59 Å². The van der Waals surface area contributed by atoms with Crippen molar-refractivity contribution in [2.75, 3.05) is 13.1 Å². The van der Waals surface area contributed by atoms with Gasteiger partial charge in [-0.25, -0.2) is 9.78 Å². The van der Waals surface area contributed by atoms with Crippen LogP contribution in [0, 0.1) is 0 Å². The standard InChI is InChI=1S/C9H11N3O2S/c13-7-1-4-12(9(14)11-7)5-2-8-10-3-6-15-8/h3,6H,1-2,4-5H2,(H,11,13,14). The second kappa shape index (κ2) is 4.39. The number of amides is 3. The van der Waals surface area contributed by atoms with Gasteiger partial charge < -0.3 is 4.90 Å². The van der Waals surface area contributed by atoms with Crippen LogP contribution in [0.1, 0.15) is 11.4 Å². The molecule has 0 bridgehead atoms. The predicted molar refractivity (Wildman–Crippen MR) is 55.5 cm³/mol. The van der Waals surface area contributed by atoms with Gasteiger partial charge in [-0.1, -0.05) is 0 Å². The fourth-order valence-electron chi connectivity index (χ4n) is 1.42. The van der Waals surface area contributed by atoms with Crippen LogP contribution < -0.4 is 5.32 Å². The van der Waals surface area contributed by atoms with Gasteiger partial charge in [0, 0.05) is 37.5 Å². The number of nitrogens with zero attached hydrogens (tertiary/aromatic N) is 2. The van der Waals surface area contributed by atoms with E-state index >= 15 is 0 Å². The van der Waals surface area contributed by atoms with Crippen molar-refractivity contribution in [3.05, 3.63) is 16.6 Å². The van der Waals surface area contributed by atoms with Crippen LogP contribution in [-0.2, 0) is 11.2 Å². The molecule has 5 nitrogen and oxygen atoms in total. The van der Waals surface area contributed by atoms with E-state index in [9.17, 15) is 9.59 Å². The van der Waals surface area contributed by atoms with E-state index in [1.807, 2.05) is 5.38 Å². The lowest BCUT2D eigenvalue weighted by molar-refractivity contribution is -0.121. The number of thiazole rings is 1. The minimum Gasteiger partial charge on any atom is -0.324 e. The Balaban J connectivity index is 1.85. The van der Waals surface area contributed by atoms with Gasteiger partial charge in [0.25, 0.3) is 0 Å². The zero-order valence-electron chi connectivity index (χ0n) is 8.10. The summed E-state index contributed by atoms with van der Waals surface area (Å²) in [5, 5.41) is 5.22. The molecule has 15 heavy (non-hydrogen) atoms. The highest BCUT2D eigenvalue weighted by Gasteiger charge is 2.22. The Kier molecular flexibility index (Phi) is 2.96. The van der Waals surface area contributed by atoms with Gasteiger partial charge in [-0.2, -0.15) is 0 Å². The van der Waals surface area contributed by atoms with E-state index in [2.05, 4.69) is 10.3 Å². The lowest BCUT2D eigenvalue weighted by Gasteiger charge is -2.25. The van der Waals surface area contributed by atoms with Crippen LogP contribution in [0.15, 0.2) is 11.6 Å². The third kappa shape index (κ3) is 2.53. The van der Waals surface area contributed by atoms with E-state index in [-0.39, 0.29) is 11.9 Å². The van der Waals surface area contributed by atoms with Crippen molar-refractivity contribution >= 4 is 23.3 Å². The number of imide groups is 1. The number of carbonyl (C=O) groups is 2. The molecule has 0 radical (unpaired) electrons. The second-order valence-electron chi connectivity index (χ2n) is 3.27. The molecule has 6 heteroatoms. The van der Waals surface area contributed by atoms with Gasteiger partial charge >= 0.3 is 6.03 Å². The molecule has 0 spiro atoms. The monoisotopic (exact) mass is 225 g/mol. The normalized spacial score (nSPS) is 16.7. The molecule has 3 amide bonds. The van der Waals surface area contributed by atoms with Crippen molar-refractivity contribution in [3.63, 3.8) is 0 Å². The van der Waals surface area contributed by atoms with Gasteiger partial charge in [-0.05, 0) is 0 Å². The number of aromatic nitrogens is 1. The SMILES string of the molecule is O=C1CCN(CCc2nccs2)C(=O)N1. The predicted octanol–water partition coefficient (Wildman–Crippen LogP) is 0.627. The van der Waals surface area contributed by atoms with Crippen molar-refractivity contribution in [1.29, 1.82) is 0 Å². The Morgan fingerprint density at radius 2 is 2.40 bits per heavy atom. The maximum atomic E-state index is 11.3. The Labute approximate surface area is 91.1 Å². The molecule has 1 N–H and O–H groups in total. The first-order valence-corrected chi connectivity index (χ1v) is 5.61. The first-order valence-electron chi connectivity index (χ1n) is 4.73. The molecule has 0 atom stereocenters. The van der Waals surface area contributed by atoms with Crippen LogP contribution in [0.4, 0.5) is 4.79 Å². The molecule has 1 aromatic heterocycles. The molecule has 1 aromatic rings. The number of carbonyl (C=O) groups excluding carboxylic acids is 2. The summed E-state index contributed by atoms with van der Waals surface area (Å²) < 4.78 is 0. The van der Waals surface area contributed by atoms with E-state index < -0.39 is 0 Å². The molecule has 0 aliphatic carbocycles. The summed E-state index contributed by atoms with van der Waals surface area (Å²) in [5.74, 6) is -0.189. The third-order valence-electron chi connectivity index (χ3n) is 2.22. The largest absolute Gasteiger partial charge is 0.324 e. The minimum atomic E-state index is -0.289.